The Balaban J connectivity index is 1.49. The molecule has 1 aliphatic heterocycles. The van der Waals surface area contributed by atoms with Gasteiger partial charge in [-0.2, -0.15) is 9.61 Å². The number of piperidine rings is 1. The van der Waals surface area contributed by atoms with E-state index in [2.05, 4.69) is 10.1 Å². The van der Waals surface area contributed by atoms with Crippen molar-refractivity contribution in [2.75, 3.05) is 18.8 Å². The standard InChI is InChI=1S/C28H30N6O3/c1-17(35)14-24(37)33-12-10-20(11-13-33)26-25(18(2)36)27(29)34-28(32-26)22(16-31-34)21-8-9-23(30-15-21)19-6-4-3-5-7-19/h3-9,15-17,20,35H,10-14,29H2,1-2H3. The molecule has 0 saturated carbocycles. The molecule has 1 fully saturated rings. The first kappa shape index (κ1) is 24.6. The zero-order valence-electron chi connectivity index (χ0n) is 21.0. The molecule has 0 spiro atoms. The number of ketones is 1. The first-order chi connectivity index (χ1) is 17.8. The quantitative estimate of drug-likeness (QED) is 0.388. The van der Waals surface area contributed by atoms with Crippen LogP contribution in [-0.2, 0) is 4.79 Å². The number of nitrogen functional groups attached to an aromatic ring is 1. The molecular weight excluding hydrogens is 468 g/mol. The maximum Gasteiger partial charge on any atom is 0.225 e. The molecule has 1 aromatic carbocycles. The Hall–Kier alpha value is -4.11. The number of fused-ring (bicyclic) bond motifs is 1. The van der Waals surface area contributed by atoms with E-state index in [9.17, 15) is 14.7 Å². The second-order valence-electron chi connectivity index (χ2n) is 9.61. The van der Waals surface area contributed by atoms with Gasteiger partial charge in [0, 0.05) is 41.9 Å². The van der Waals surface area contributed by atoms with Gasteiger partial charge in [-0.3, -0.25) is 14.6 Å². The van der Waals surface area contributed by atoms with E-state index in [1.807, 2.05) is 42.5 Å². The van der Waals surface area contributed by atoms with Crippen LogP contribution < -0.4 is 5.73 Å². The zero-order chi connectivity index (χ0) is 26.1. The van der Waals surface area contributed by atoms with Crippen LogP contribution in [0.25, 0.3) is 28.0 Å². The summed E-state index contributed by atoms with van der Waals surface area (Å²) >= 11 is 0. The van der Waals surface area contributed by atoms with Crippen molar-refractivity contribution >= 4 is 23.2 Å². The molecule has 1 unspecified atom stereocenters. The lowest BCUT2D eigenvalue weighted by Gasteiger charge is -2.33. The number of hydrogen-bond acceptors (Lipinski definition) is 7. The molecule has 1 amide bonds. The van der Waals surface area contributed by atoms with Gasteiger partial charge in [0.1, 0.15) is 5.82 Å². The number of benzene rings is 1. The molecule has 0 radical (unpaired) electrons. The number of likely N-dealkylation sites (tertiary alicyclic amines) is 1. The molecule has 5 rings (SSSR count). The third-order valence-electron chi connectivity index (χ3n) is 6.91. The number of aliphatic hydroxyl groups is 1. The average molecular weight is 499 g/mol. The Morgan fingerprint density at radius 1 is 1.08 bits per heavy atom. The van der Waals surface area contributed by atoms with E-state index in [1.165, 1.54) is 11.4 Å². The number of aliphatic hydroxyl groups excluding tert-OH is 1. The molecule has 9 nitrogen and oxygen atoms in total. The maximum atomic E-state index is 12.7. The van der Waals surface area contributed by atoms with E-state index >= 15 is 0 Å². The largest absolute Gasteiger partial charge is 0.393 e. The minimum absolute atomic E-state index is 0.0249. The number of nitrogens with zero attached hydrogens (tertiary/aromatic N) is 5. The number of anilines is 1. The van der Waals surface area contributed by atoms with Crippen molar-refractivity contribution in [2.24, 2.45) is 0 Å². The van der Waals surface area contributed by atoms with E-state index in [-0.39, 0.29) is 29.8 Å². The topological polar surface area (TPSA) is 127 Å². The lowest BCUT2D eigenvalue weighted by Crippen LogP contribution is -2.39. The van der Waals surface area contributed by atoms with Gasteiger partial charge >= 0.3 is 0 Å². The van der Waals surface area contributed by atoms with Crippen LogP contribution in [0.2, 0.25) is 0 Å². The highest BCUT2D eigenvalue weighted by molar-refractivity contribution is 6.00. The number of rotatable bonds is 6. The number of carbonyl (C=O) groups is 2. The van der Waals surface area contributed by atoms with E-state index in [0.717, 1.165) is 22.4 Å². The van der Waals surface area contributed by atoms with Crippen molar-refractivity contribution in [3.8, 4) is 22.4 Å². The number of nitrogens with two attached hydrogens (primary N) is 1. The monoisotopic (exact) mass is 498 g/mol. The molecule has 0 bridgehead atoms. The molecule has 3 N–H and O–H groups in total. The molecule has 1 atom stereocenters. The smallest absolute Gasteiger partial charge is 0.225 e. The number of amides is 1. The summed E-state index contributed by atoms with van der Waals surface area (Å²) in [6.45, 7) is 4.18. The summed E-state index contributed by atoms with van der Waals surface area (Å²) in [5, 5.41) is 14.0. The number of hydrogen-bond donors (Lipinski definition) is 2. The van der Waals surface area contributed by atoms with Gasteiger partial charge in [0.15, 0.2) is 11.4 Å². The summed E-state index contributed by atoms with van der Waals surface area (Å²) in [7, 11) is 0. The highest BCUT2D eigenvalue weighted by atomic mass is 16.3. The van der Waals surface area contributed by atoms with Crippen molar-refractivity contribution in [1.29, 1.82) is 0 Å². The second-order valence-corrected chi connectivity index (χ2v) is 9.61. The Bertz CT molecular complexity index is 1440. The van der Waals surface area contributed by atoms with Crippen LogP contribution in [0.1, 0.15) is 55.1 Å². The summed E-state index contributed by atoms with van der Waals surface area (Å²) in [6.07, 6.45) is 4.24. The van der Waals surface area contributed by atoms with Crippen LogP contribution >= 0.6 is 0 Å². The highest BCUT2D eigenvalue weighted by Gasteiger charge is 2.30. The van der Waals surface area contributed by atoms with Gasteiger partial charge in [-0.25, -0.2) is 4.98 Å². The van der Waals surface area contributed by atoms with Gasteiger partial charge in [0.25, 0.3) is 0 Å². The van der Waals surface area contributed by atoms with Gasteiger partial charge in [0.05, 0.1) is 35.7 Å². The fourth-order valence-electron chi connectivity index (χ4n) is 5.01. The predicted octanol–water partition coefficient (Wildman–Crippen LogP) is 3.72. The lowest BCUT2D eigenvalue weighted by molar-refractivity contribution is -0.134. The van der Waals surface area contributed by atoms with Crippen molar-refractivity contribution in [3.05, 3.63) is 66.1 Å². The molecule has 0 aliphatic carbocycles. The van der Waals surface area contributed by atoms with Crippen LogP contribution in [0.5, 0.6) is 0 Å². The van der Waals surface area contributed by atoms with Crippen LogP contribution in [0.15, 0.2) is 54.9 Å². The second kappa shape index (κ2) is 10.1. The fraction of sp³-hybridized carbons (Fsp3) is 0.321. The number of pyridine rings is 1. The lowest BCUT2D eigenvalue weighted by atomic mass is 9.89. The third kappa shape index (κ3) is 4.82. The van der Waals surface area contributed by atoms with Crippen LogP contribution in [0.4, 0.5) is 5.82 Å². The molecule has 1 aliphatic rings. The predicted molar refractivity (Wildman–Crippen MR) is 141 cm³/mol. The molecule has 4 aromatic rings. The summed E-state index contributed by atoms with van der Waals surface area (Å²) in [4.78, 5) is 36.4. The van der Waals surface area contributed by atoms with Crippen molar-refractivity contribution in [1.82, 2.24) is 24.5 Å². The first-order valence-electron chi connectivity index (χ1n) is 12.5. The maximum absolute atomic E-state index is 12.7. The molecule has 9 heteroatoms. The summed E-state index contributed by atoms with van der Waals surface area (Å²) < 4.78 is 1.52. The SMILES string of the molecule is CC(=O)c1c(C2CCN(C(=O)CC(C)O)CC2)nc2c(-c3ccc(-c4ccccc4)nc3)cnn2c1N. The van der Waals surface area contributed by atoms with E-state index in [4.69, 9.17) is 10.7 Å². The minimum Gasteiger partial charge on any atom is -0.393 e. The van der Waals surface area contributed by atoms with Gasteiger partial charge in [-0.1, -0.05) is 36.4 Å². The molecular formula is C28H30N6O3. The number of aromatic nitrogens is 4. The van der Waals surface area contributed by atoms with Gasteiger partial charge in [-0.15, -0.1) is 0 Å². The van der Waals surface area contributed by atoms with Gasteiger partial charge in [-0.05, 0) is 32.8 Å². The summed E-state index contributed by atoms with van der Waals surface area (Å²) in [6, 6.07) is 13.9. The Morgan fingerprint density at radius 2 is 1.81 bits per heavy atom. The van der Waals surface area contributed by atoms with Gasteiger partial charge in [0.2, 0.25) is 5.91 Å². The number of Topliss-reactive ketones (excluding diaryl/α,β-unsaturated/α-hetero) is 1. The van der Waals surface area contributed by atoms with Gasteiger partial charge < -0.3 is 15.7 Å². The fourth-order valence-corrected chi connectivity index (χ4v) is 5.01. The average Bonchev–Trinajstić information content (AvgIpc) is 3.33. The highest BCUT2D eigenvalue weighted by Crippen LogP contribution is 2.35. The summed E-state index contributed by atoms with van der Waals surface area (Å²) in [5.41, 5.74) is 11.6. The minimum atomic E-state index is -0.671. The van der Waals surface area contributed by atoms with E-state index in [0.29, 0.717) is 42.8 Å². The Morgan fingerprint density at radius 3 is 2.43 bits per heavy atom. The van der Waals surface area contributed by atoms with Crippen molar-refractivity contribution < 1.29 is 14.7 Å². The van der Waals surface area contributed by atoms with Crippen molar-refractivity contribution in [3.63, 3.8) is 0 Å². The van der Waals surface area contributed by atoms with E-state index < -0.39 is 6.10 Å². The van der Waals surface area contributed by atoms with Crippen LogP contribution in [0, 0.1) is 0 Å². The zero-order valence-corrected chi connectivity index (χ0v) is 21.0. The number of carbonyl (C=O) groups excluding carboxylic acids is 2. The van der Waals surface area contributed by atoms with Crippen molar-refractivity contribution in [2.45, 2.75) is 45.1 Å². The summed E-state index contributed by atoms with van der Waals surface area (Å²) in [5.74, 6) is 0.0106. The molecule has 1 saturated heterocycles. The normalized spacial score (nSPS) is 15.2. The van der Waals surface area contributed by atoms with Crippen LogP contribution in [0.3, 0.4) is 0 Å². The Kier molecular flexibility index (Phi) is 6.71. The van der Waals surface area contributed by atoms with E-state index in [1.54, 1.807) is 24.2 Å². The molecule has 37 heavy (non-hydrogen) atoms. The van der Waals surface area contributed by atoms with Crippen LogP contribution in [-0.4, -0.2) is 60.5 Å². The molecule has 190 valence electrons. The molecule has 4 heterocycles. The molecule has 3 aromatic heterocycles. The third-order valence-corrected chi connectivity index (χ3v) is 6.91. The Labute approximate surface area is 215 Å². The first-order valence-corrected chi connectivity index (χ1v) is 12.5.